The molecule has 1 unspecified atom stereocenters. The number of ether oxygens (including phenoxy) is 1. The first kappa shape index (κ1) is 13.6. The average molecular weight is 253 g/mol. The van der Waals surface area contributed by atoms with E-state index in [9.17, 15) is 0 Å². The van der Waals surface area contributed by atoms with E-state index in [-0.39, 0.29) is 5.41 Å². The van der Waals surface area contributed by atoms with E-state index in [0.29, 0.717) is 23.8 Å². The lowest BCUT2D eigenvalue weighted by atomic mass is 9.78. The smallest absolute Gasteiger partial charge is 0.0582 e. The van der Waals surface area contributed by atoms with Crippen LogP contribution >= 0.6 is 23.2 Å². The predicted molar refractivity (Wildman–Crippen MR) is 66.9 cm³/mol. The average Bonchev–Trinajstić information content (AvgIpc) is 2.68. The van der Waals surface area contributed by atoms with Gasteiger partial charge in [0.1, 0.15) is 0 Å². The van der Waals surface area contributed by atoms with Crippen LogP contribution in [0.15, 0.2) is 0 Å². The van der Waals surface area contributed by atoms with Crippen molar-refractivity contribution in [2.45, 2.75) is 45.6 Å². The number of rotatable bonds is 6. The standard InChI is InChI=1S/C12H22Cl2O/c1-10(2)6-12(8-13,9-14)7-11-4-3-5-15-11/h10-11H,3-9H2,1-2H3. The van der Waals surface area contributed by atoms with Crippen LogP contribution in [0.5, 0.6) is 0 Å². The van der Waals surface area contributed by atoms with Crippen LogP contribution < -0.4 is 0 Å². The van der Waals surface area contributed by atoms with Crippen LogP contribution in [0.4, 0.5) is 0 Å². The van der Waals surface area contributed by atoms with E-state index in [4.69, 9.17) is 27.9 Å². The minimum Gasteiger partial charge on any atom is -0.378 e. The summed E-state index contributed by atoms with van der Waals surface area (Å²) >= 11 is 12.2. The highest BCUT2D eigenvalue weighted by atomic mass is 35.5. The van der Waals surface area contributed by atoms with E-state index in [0.717, 1.165) is 19.4 Å². The molecule has 0 bridgehead atoms. The second kappa shape index (κ2) is 6.32. The van der Waals surface area contributed by atoms with Gasteiger partial charge in [-0.25, -0.2) is 0 Å². The van der Waals surface area contributed by atoms with Crippen molar-refractivity contribution < 1.29 is 4.74 Å². The van der Waals surface area contributed by atoms with Gasteiger partial charge in [-0.05, 0) is 31.6 Å². The minimum atomic E-state index is 0.0757. The van der Waals surface area contributed by atoms with Crippen molar-refractivity contribution in [2.24, 2.45) is 11.3 Å². The van der Waals surface area contributed by atoms with Crippen LogP contribution in [0, 0.1) is 11.3 Å². The molecular weight excluding hydrogens is 231 g/mol. The quantitative estimate of drug-likeness (QED) is 0.648. The van der Waals surface area contributed by atoms with E-state index in [1.165, 1.54) is 12.8 Å². The molecule has 0 saturated carbocycles. The zero-order valence-electron chi connectivity index (χ0n) is 9.77. The van der Waals surface area contributed by atoms with Gasteiger partial charge in [0.25, 0.3) is 0 Å². The molecule has 1 rings (SSSR count). The topological polar surface area (TPSA) is 9.23 Å². The third-order valence-corrected chi connectivity index (χ3v) is 4.23. The summed E-state index contributed by atoms with van der Waals surface area (Å²) in [5, 5.41) is 0. The summed E-state index contributed by atoms with van der Waals surface area (Å²) in [7, 11) is 0. The first-order valence-corrected chi connectivity index (χ1v) is 6.92. The van der Waals surface area contributed by atoms with E-state index in [2.05, 4.69) is 13.8 Å². The summed E-state index contributed by atoms with van der Waals surface area (Å²) in [6.07, 6.45) is 4.87. The number of hydrogen-bond acceptors (Lipinski definition) is 1. The lowest BCUT2D eigenvalue weighted by Gasteiger charge is -2.33. The fraction of sp³-hybridized carbons (Fsp3) is 1.00. The Labute approximate surface area is 103 Å². The Balaban J connectivity index is 2.53. The van der Waals surface area contributed by atoms with Gasteiger partial charge in [-0.3, -0.25) is 0 Å². The molecule has 0 N–H and O–H groups in total. The fourth-order valence-corrected chi connectivity index (χ4v) is 3.21. The van der Waals surface area contributed by atoms with Gasteiger partial charge in [-0.15, -0.1) is 23.2 Å². The zero-order chi connectivity index (χ0) is 11.3. The Morgan fingerprint density at radius 2 is 2.00 bits per heavy atom. The van der Waals surface area contributed by atoms with E-state index in [1.54, 1.807) is 0 Å². The molecule has 1 nitrogen and oxygen atoms in total. The van der Waals surface area contributed by atoms with E-state index in [1.807, 2.05) is 0 Å². The molecular formula is C12H22Cl2O. The first-order valence-electron chi connectivity index (χ1n) is 5.85. The first-order chi connectivity index (χ1) is 7.12. The summed E-state index contributed by atoms with van der Waals surface area (Å²) in [6.45, 7) is 5.36. The van der Waals surface area contributed by atoms with Gasteiger partial charge in [-0.2, -0.15) is 0 Å². The molecule has 1 heterocycles. The molecule has 0 radical (unpaired) electrons. The fourth-order valence-electron chi connectivity index (χ4n) is 2.49. The summed E-state index contributed by atoms with van der Waals surface area (Å²) in [5.74, 6) is 1.94. The van der Waals surface area contributed by atoms with Crippen LogP contribution in [0.25, 0.3) is 0 Å². The van der Waals surface area contributed by atoms with Crippen molar-refractivity contribution in [3.63, 3.8) is 0 Å². The number of alkyl halides is 2. The highest BCUT2D eigenvalue weighted by Gasteiger charge is 2.33. The lowest BCUT2D eigenvalue weighted by Crippen LogP contribution is -2.31. The second-order valence-corrected chi connectivity index (χ2v) is 5.74. The molecule has 0 aromatic rings. The Kier molecular flexibility index (Phi) is 5.73. The van der Waals surface area contributed by atoms with Crippen molar-refractivity contribution in [3.05, 3.63) is 0 Å². The van der Waals surface area contributed by atoms with Crippen LogP contribution in [0.3, 0.4) is 0 Å². The monoisotopic (exact) mass is 252 g/mol. The van der Waals surface area contributed by atoms with Crippen molar-refractivity contribution >= 4 is 23.2 Å². The van der Waals surface area contributed by atoms with Crippen molar-refractivity contribution in [3.8, 4) is 0 Å². The van der Waals surface area contributed by atoms with Crippen molar-refractivity contribution in [1.29, 1.82) is 0 Å². The Morgan fingerprint density at radius 1 is 1.33 bits per heavy atom. The molecule has 1 aliphatic rings. The lowest BCUT2D eigenvalue weighted by molar-refractivity contribution is 0.0671. The Morgan fingerprint density at radius 3 is 2.40 bits per heavy atom. The van der Waals surface area contributed by atoms with Crippen molar-refractivity contribution in [2.75, 3.05) is 18.4 Å². The molecule has 1 saturated heterocycles. The van der Waals surface area contributed by atoms with Gasteiger partial charge >= 0.3 is 0 Å². The minimum absolute atomic E-state index is 0.0757. The van der Waals surface area contributed by atoms with Crippen LogP contribution in [0.1, 0.15) is 39.5 Å². The van der Waals surface area contributed by atoms with Crippen LogP contribution in [-0.4, -0.2) is 24.5 Å². The highest BCUT2D eigenvalue weighted by Crippen LogP contribution is 2.37. The molecule has 1 atom stereocenters. The van der Waals surface area contributed by atoms with Gasteiger partial charge < -0.3 is 4.74 Å². The molecule has 0 spiro atoms. The van der Waals surface area contributed by atoms with E-state index < -0.39 is 0 Å². The zero-order valence-corrected chi connectivity index (χ0v) is 11.3. The maximum atomic E-state index is 6.11. The number of halogens is 2. The van der Waals surface area contributed by atoms with Gasteiger partial charge in [0, 0.05) is 23.8 Å². The molecule has 3 heteroatoms. The molecule has 0 amide bonds. The molecule has 0 aliphatic carbocycles. The van der Waals surface area contributed by atoms with Gasteiger partial charge in [-0.1, -0.05) is 13.8 Å². The largest absolute Gasteiger partial charge is 0.378 e. The van der Waals surface area contributed by atoms with Crippen LogP contribution in [0.2, 0.25) is 0 Å². The predicted octanol–water partition coefficient (Wildman–Crippen LogP) is 4.07. The Hall–Kier alpha value is 0.540. The second-order valence-electron chi connectivity index (χ2n) is 5.20. The maximum Gasteiger partial charge on any atom is 0.0582 e. The maximum absolute atomic E-state index is 6.11. The van der Waals surface area contributed by atoms with Gasteiger partial charge in [0.15, 0.2) is 0 Å². The molecule has 1 aliphatic heterocycles. The summed E-state index contributed by atoms with van der Waals surface area (Å²) in [5.41, 5.74) is 0.0757. The third-order valence-electron chi connectivity index (χ3n) is 3.09. The highest BCUT2D eigenvalue weighted by molar-refractivity contribution is 6.21. The molecule has 0 aromatic heterocycles. The third kappa shape index (κ3) is 4.13. The Bertz CT molecular complexity index is 172. The number of hydrogen-bond donors (Lipinski definition) is 0. The van der Waals surface area contributed by atoms with Gasteiger partial charge in [0.05, 0.1) is 6.10 Å². The molecule has 1 fully saturated rings. The summed E-state index contributed by atoms with van der Waals surface area (Å²) < 4.78 is 5.68. The van der Waals surface area contributed by atoms with E-state index >= 15 is 0 Å². The SMILES string of the molecule is CC(C)CC(CCl)(CCl)CC1CCCO1. The normalized spacial score (nSPS) is 22.6. The van der Waals surface area contributed by atoms with Crippen LogP contribution in [-0.2, 0) is 4.74 Å². The molecule has 0 aromatic carbocycles. The molecule has 15 heavy (non-hydrogen) atoms. The molecule has 90 valence electrons. The van der Waals surface area contributed by atoms with Crippen molar-refractivity contribution in [1.82, 2.24) is 0 Å². The summed E-state index contributed by atoms with van der Waals surface area (Å²) in [6, 6.07) is 0. The van der Waals surface area contributed by atoms with Gasteiger partial charge in [0.2, 0.25) is 0 Å². The summed E-state index contributed by atoms with van der Waals surface area (Å²) in [4.78, 5) is 0.